The second kappa shape index (κ2) is 6.00. The molecule has 0 amide bonds. The lowest BCUT2D eigenvalue weighted by atomic mass is 10.1. The molecule has 0 radical (unpaired) electrons. The summed E-state index contributed by atoms with van der Waals surface area (Å²) in [5, 5.41) is 19.0. The molecule has 1 unspecified atom stereocenters. The third-order valence-corrected chi connectivity index (χ3v) is 2.91. The van der Waals surface area contributed by atoms with Crippen molar-refractivity contribution in [1.82, 2.24) is 9.55 Å². The number of nitrogens with zero attached hydrogens (tertiary/aromatic N) is 2. The number of aliphatic hydroxyl groups is 2. The number of aromatic nitrogens is 2. The minimum Gasteiger partial charge on any atom is -0.394 e. The number of aliphatic hydroxyl groups excluding tert-OH is 2. The van der Waals surface area contributed by atoms with Crippen molar-refractivity contribution in [3.8, 4) is 0 Å². The van der Waals surface area contributed by atoms with Crippen molar-refractivity contribution < 1.29 is 10.2 Å². The van der Waals surface area contributed by atoms with Crippen LogP contribution in [-0.2, 0) is 13.0 Å². The molecule has 0 aliphatic rings. The van der Waals surface area contributed by atoms with Crippen LogP contribution in [0.2, 0.25) is 5.02 Å². The molecule has 0 saturated heterocycles. The summed E-state index contributed by atoms with van der Waals surface area (Å²) in [5.74, 6) is 0.838. The van der Waals surface area contributed by atoms with Crippen LogP contribution in [0.25, 0.3) is 0 Å². The van der Waals surface area contributed by atoms with Gasteiger partial charge in [-0.1, -0.05) is 23.7 Å². The average Bonchev–Trinajstić information content (AvgIpc) is 2.76. The summed E-state index contributed by atoms with van der Waals surface area (Å²) in [6, 6.07) is 7.59. The zero-order chi connectivity index (χ0) is 13.0. The molecule has 0 aliphatic heterocycles. The Morgan fingerprint density at radius 3 is 2.94 bits per heavy atom. The monoisotopic (exact) mass is 266 g/mol. The SMILES string of the molecule is OCC(O)Cn1ccnc1Cc1cccc(Cl)c1. The van der Waals surface area contributed by atoms with Gasteiger partial charge in [0.25, 0.3) is 0 Å². The minimum absolute atomic E-state index is 0.255. The van der Waals surface area contributed by atoms with E-state index in [1.54, 1.807) is 12.4 Å². The third-order valence-electron chi connectivity index (χ3n) is 2.67. The maximum Gasteiger partial charge on any atom is 0.113 e. The molecule has 2 aromatic rings. The highest BCUT2D eigenvalue weighted by molar-refractivity contribution is 6.30. The number of hydrogen-bond acceptors (Lipinski definition) is 3. The molecule has 0 spiro atoms. The van der Waals surface area contributed by atoms with Crippen LogP contribution in [0.1, 0.15) is 11.4 Å². The molecule has 18 heavy (non-hydrogen) atoms. The fourth-order valence-corrected chi connectivity index (χ4v) is 2.00. The zero-order valence-corrected chi connectivity index (χ0v) is 10.6. The van der Waals surface area contributed by atoms with E-state index in [1.165, 1.54) is 0 Å². The van der Waals surface area contributed by atoms with Crippen LogP contribution in [-0.4, -0.2) is 32.5 Å². The Labute approximate surface area is 110 Å². The third kappa shape index (κ3) is 3.32. The van der Waals surface area contributed by atoms with Gasteiger partial charge < -0.3 is 14.8 Å². The number of imidazole rings is 1. The molecule has 5 heteroatoms. The van der Waals surface area contributed by atoms with E-state index in [1.807, 2.05) is 28.8 Å². The molecule has 96 valence electrons. The number of hydrogen-bond donors (Lipinski definition) is 2. The highest BCUT2D eigenvalue weighted by atomic mass is 35.5. The lowest BCUT2D eigenvalue weighted by Crippen LogP contribution is -2.20. The van der Waals surface area contributed by atoms with Crippen molar-refractivity contribution in [3.63, 3.8) is 0 Å². The van der Waals surface area contributed by atoms with Gasteiger partial charge in [-0.15, -0.1) is 0 Å². The first kappa shape index (κ1) is 13.1. The maximum atomic E-state index is 9.44. The molecule has 0 fully saturated rings. The lowest BCUT2D eigenvalue weighted by Gasteiger charge is -2.11. The van der Waals surface area contributed by atoms with Gasteiger partial charge in [0, 0.05) is 23.8 Å². The molecule has 1 atom stereocenters. The van der Waals surface area contributed by atoms with Gasteiger partial charge in [-0.05, 0) is 17.7 Å². The van der Waals surface area contributed by atoms with Gasteiger partial charge in [-0.3, -0.25) is 0 Å². The van der Waals surface area contributed by atoms with Crippen LogP contribution >= 0.6 is 11.6 Å². The lowest BCUT2D eigenvalue weighted by molar-refractivity contribution is 0.0806. The summed E-state index contributed by atoms with van der Waals surface area (Å²) in [5.41, 5.74) is 1.06. The molecule has 0 aliphatic carbocycles. The van der Waals surface area contributed by atoms with E-state index in [0.717, 1.165) is 11.4 Å². The standard InChI is InChI=1S/C13H15ClN2O2/c14-11-3-1-2-10(6-11)7-13-15-4-5-16(13)8-12(18)9-17/h1-6,12,17-18H,7-9H2. The van der Waals surface area contributed by atoms with Gasteiger partial charge in [0.05, 0.1) is 19.3 Å². The zero-order valence-electron chi connectivity index (χ0n) is 9.83. The number of rotatable bonds is 5. The van der Waals surface area contributed by atoms with Crippen molar-refractivity contribution in [1.29, 1.82) is 0 Å². The summed E-state index contributed by atoms with van der Waals surface area (Å²) in [7, 11) is 0. The van der Waals surface area contributed by atoms with Crippen LogP contribution < -0.4 is 0 Å². The molecule has 0 saturated carbocycles. The van der Waals surface area contributed by atoms with Gasteiger partial charge in [-0.2, -0.15) is 0 Å². The Balaban J connectivity index is 2.12. The molecule has 1 aromatic heterocycles. The van der Waals surface area contributed by atoms with Gasteiger partial charge >= 0.3 is 0 Å². The number of benzene rings is 1. The Hall–Kier alpha value is -1.36. The molecule has 4 nitrogen and oxygen atoms in total. The quantitative estimate of drug-likeness (QED) is 0.862. The predicted molar refractivity (Wildman–Crippen MR) is 69.6 cm³/mol. The van der Waals surface area contributed by atoms with Gasteiger partial charge in [0.15, 0.2) is 0 Å². The first-order valence-electron chi connectivity index (χ1n) is 5.72. The van der Waals surface area contributed by atoms with Crippen molar-refractivity contribution in [3.05, 3.63) is 53.1 Å². The van der Waals surface area contributed by atoms with E-state index in [0.29, 0.717) is 18.0 Å². The summed E-state index contributed by atoms with van der Waals surface area (Å²) in [6.45, 7) is 0.0845. The van der Waals surface area contributed by atoms with Gasteiger partial charge in [0.2, 0.25) is 0 Å². The maximum absolute atomic E-state index is 9.44. The highest BCUT2D eigenvalue weighted by Gasteiger charge is 2.08. The summed E-state index contributed by atoms with van der Waals surface area (Å²) >= 11 is 5.93. The summed E-state index contributed by atoms with van der Waals surface area (Å²) < 4.78 is 1.84. The molecule has 1 aromatic carbocycles. The largest absolute Gasteiger partial charge is 0.394 e. The normalized spacial score (nSPS) is 12.6. The van der Waals surface area contributed by atoms with E-state index >= 15 is 0 Å². The van der Waals surface area contributed by atoms with Crippen molar-refractivity contribution in [2.75, 3.05) is 6.61 Å². The van der Waals surface area contributed by atoms with Crippen molar-refractivity contribution in [2.24, 2.45) is 0 Å². The Morgan fingerprint density at radius 2 is 2.22 bits per heavy atom. The first-order chi connectivity index (χ1) is 8.69. The predicted octanol–water partition coefficient (Wildman–Crippen LogP) is 1.48. The van der Waals surface area contributed by atoms with Crippen LogP contribution in [0.4, 0.5) is 0 Å². The highest BCUT2D eigenvalue weighted by Crippen LogP contribution is 2.14. The van der Waals surface area contributed by atoms with E-state index < -0.39 is 6.10 Å². The fourth-order valence-electron chi connectivity index (χ4n) is 1.79. The summed E-state index contributed by atoms with van der Waals surface area (Å²) in [4.78, 5) is 4.26. The molecule has 2 rings (SSSR count). The van der Waals surface area contributed by atoms with E-state index in [9.17, 15) is 5.11 Å². The Morgan fingerprint density at radius 1 is 1.39 bits per heavy atom. The molecular formula is C13H15ClN2O2. The molecule has 2 N–H and O–H groups in total. The Bertz CT molecular complexity index is 513. The van der Waals surface area contributed by atoms with Crippen LogP contribution in [0.15, 0.2) is 36.7 Å². The molecule has 1 heterocycles. The first-order valence-corrected chi connectivity index (χ1v) is 6.10. The van der Waals surface area contributed by atoms with E-state index in [2.05, 4.69) is 4.98 Å². The van der Waals surface area contributed by atoms with Crippen molar-refractivity contribution in [2.45, 2.75) is 19.1 Å². The van der Waals surface area contributed by atoms with Crippen LogP contribution in [0, 0.1) is 0 Å². The number of halogens is 1. The molecular weight excluding hydrogens is 252 g/mol. The second-order valence-corrected chi connectivity index (χ2v) is 4.58. The topological polar surface area (TPSA) is 58.3 Å². The fraction of sp³-hybridized carbons (Fsp3) is 0.308. The van der Waals surface area contributed by atoms with Crippen molar-refractivity contribution >= 4 is 11.6 Å². The van der Waals surface area contributed by atoms with Gasteiger partial charge in [0.1, 0.15) is 5.82 Å². The smallest absolute Gasteiger partial charge is 0.113 e. The second-order valence-electron chi connectivity index (χ2n) is 4.14. The minimum atomic E-state index is -0.766. The van der Waals surface area contributed by atoms with Crippen LogP contribution in [0.5, 0.6) is 0 Å². The van der Waals surface area contributed by atoms with E-state index in [-0.39, 0.29) is 6.61 Å². The average molecular weight is 267 g/mol. The molecule has 0 bridgehead atoms. The van der Waals surface area contributed by atoms with Crippen LogP contribution in [0.3, 0.4) is 0 Å². The summed E-state index contributed by atoms with van der Waals surface area (Å²) in [6.07, 6.45) is 3.35. The Kier molecular flexibility index (Phi) is 4.36. The van der Waals surface area contributed by atoms with Gasteiger partial charge in [-0.25, -0.2) is 4.98 Å². The van der Waals surface area contributed by atoms with E-state index in [4.69, 9.17) is 16.7 Å².